The van der Waals surface area contributed by atoms with Crippen LogP contribution in [0.1, 0.15) is 37.8 Å². The molecule has 2 aliphatic rings. The maximum Gasteiger partial charge on any atom is 0.0179 e. The lowest BCUT2D eigenvalue weighted by Crippen LogP contribution is -2.51. The summed E-state index contributed by atoms with van der Waals surface area (Å²) >= 11 is 0. The van der Waals surface area contributed by atoms with Gasteiger partial charge < -0.3 is 5.32 Å². The van der Waals surface area contributed by atoms with E-state index in [1.807, 2.05) is 0 Å². The van der Waals surface area contributed by atoms with Gasteiger partial charge in [-0.05, 0) is 50.3 Å². The van der Waals surface area contributed by atoms with Gasteiger partial charge in [0.15, 0.2) is 0 Å². The largest absolute Gasteiger partial charge is 0.314 e. The quantitative estimate of drug-likeness (QED) is 0.896. The van der Waals surface area contributed by atoms with E-state index < -0.39 is 0 Å². The van der Waals surface area contributed by atoms with E-state index in [-0.39, 0.29) is 0 Å². The van der Waals surface area contributed by atoms with Crippen molar-refractivity contribution in [1.29, 1.82) is 0 Å². The van der Waals surface area contributed by atoms with Gasteiger partial charge in [-0.15, -0.1) is 0 Å². The minimum absolute atomic E-state index is 0.720. The van der Waals surface area contributed by atoms with Gasteiger partial charge in [0.2, 0.25) is 0 Å². The SMILES string of the molecule is CCNC1CCN(C2Cc3ccccc3C2)C(C)C1. The second kappa shape index (κ2) is 5.64. The van der Waals surface area contributed by atoms with Crippen LogP contribution in [0, 0.1) is 0 Å². The third-order valence-electron chi connectivity index (χ3n) is 4.92. The first-order valence-corrected chi connectivity index (χ1v) is 7.84. The Bertz CT molecular complexity index is 404. The number of nitrogens with zero attached hydrogens (tertiary/aromatic N) is 1. The summed E-state index contributed by atoms with van der Waals surface area (Å²) < 4.78 is 0. The zero-order valence-corrected chi connectivity index (χ0v) is 12.2. The molecule has 2 heteroatoms. The van der Waals surface area contributed by atoms with E-state index in [2.05, 4.69) is 48.3 Å². The minimum atomic E-state index is 0.720. The van der Waals surface area contributed by atoms with Crippen LogP contribution in [-0.4, -0.2) is 36.1 Å². The van der Waals surface area contributed by atoms with Crippen LogP contribution in [0.5, 0.6) is 0 Å². The number of benzene rings is 1. The zero-order valence-electron chi connectivity index (χ0n) is 12.2. The molecule has 1 fully saturated rings. The van der Waals surface area contributed by atoms with Crippen LogP contribution in [0.15, 0.2) is 24.3 Å². The molecule has 1 aromatic rings. The Kier molecular flexibility index (Phi) is 3.90. The first kappa shape index (κ1) is 13.1. The van der Waals surface area contributed by atoms with E-state index in [4.69, 9.17) is 0 Å². The Balaban J connectivity index is 1.63. The van der Waals surface area contributed by atoms with Crippen molar-refractivity contribution in [2.45, 2.75) is 57.7 Å². The average Bonchev–Trinajstić information content (AvgIpc) is 2.82. The smallest absolute Gasteiger partial charge is 0.0179 e. The second-order valence-electron chi connectivity index (χ2n) is 6.20. The standard InChI is InChI=1S/C17H26N2/c1-3-18-16-8-9-19(13(2)10-16)17-11-14-6-4-5-7-15(14)12-17/h4-7,13,16-18H,3,8-12H2,1-2H3. The van der Waals surface area contributed by atoms with Crippen molar-refractivity contribution >= 4 is 0 Å². The second-order valence-corrected chi connectivity index (χ2v) is 6.20. The molecule has 0 aromatic heterocycles. The lowest BCUT2D eigenvalue weighted by atomic mass is 9.95. The Morgan fingerprint density at radius 1 is 1.21 bits per heavy atom. The molecule has 3 rings (SSSR count). The highest BCUT2D eigenvalue weighted by molar-refractivity contribution is 5.33. The number of likely N-dealkylation sites (tertiary alicyclic amines) is 1. The molecule has 104 valence electrons. The summed E-state index contributed by atoms with van der Waals surface area (Å²) in [5, 5.41) is 3.62. The van der Waals surface area contributed by atoms with Gasteiger partial charge in [-0.3, -0.25) is 4.90 Å². The van der Waals surface area contributed by atoms with Crippen LogP contribution in [0.2, 0.25) is 0 Å². The highest BCUT2D eigenvalue weighted by Crippen LogP contribution is 2.29. The van der Waals surface area contributed by atoms with E-state index in [0.717, 1.165) is 24.7 Å². The van der Waals surface area contributed by atoms with Gasteiger partial charge in [0.25, 0.3) is 0 Å². The fourth-order valence-electron chi connectivity index (χ4n) is 3.98. The monoisotopic (exact) mass is 258 g/mol. The molecule has 0 amide bonds. The highest BCUT2D eigenvalue weighted by atomic mass is 15.2. The van der Waals surface area contributed by atoms with Crippen molar-refractivity contribution in [3.05, 3.63) is 35.4 Å². The van der Waals surface area contributed by atoms with Gasteiger partial charge in [0.1, 0.15) is 0 Å². The van der Waals surface area contributed by atoms with Crippen molar-refractivity contribution in [1.82, 2.24) is 10.2 Å². The van der Waals surface area contributed by atoms with Gasteiger partial charge >= 0.3 is 0 Å². The van der Waals surface area contributed by atoms with Crippen LogP contribution < -0.4 is 5.32 Å². The molecular formula is C17H26N2. The summed E-state index contributed by atoms with van der Waals surface area (Å²) in [4.78, 5) is 2.76. The van der Waals surface area contributed by atoms with Crippen molar-refractivity contribution in [3.8, 4) is 0 Å². The summed E-state index contributed by atoms with van der Waals surface area (Å²) in [6.07, 6.45) is 5.13. The number of hydrogen-bond acceptors (Lipinski definition) is 2. The minimum Gasteiger partial charge on any atom is -0.314 e. The molecule has 0 bridgehead atoms. The normalized spacial score (nSPS) is 28.5. The summed E-state index contributed by atoms with van der Waals surface area (Å²) in [5.41, 5.74) is 3.15. The molecule has 19 heavy (non-hydrogen) atoms. The molecule has 1 saturated heterocycles. The topological polar surface area (TPSA) is 15.3 Å². The lowest BCUT2D eigenvalue weighted by molar-refractivity contribution is 0.0922. The molecule has 2 atom stereocenters. The van der Waals surface area contributed by atoms with E-state index in [1.165, 1.54) is 32.2 Å². The zero-order chi connectivity index (χ0) is 13.2. The number of rotatable bonds is 3. The van der Waals surface area contributed by atoms with Crippen LogP contribution in [0.4, 0.5) is 0 Å². The Labute approximate surface area is 117 Å². The molecule has 1 aliphatic heterocycles. The van der Waals surface area contributed by atoms with Crippen molar-refractivity contribution in [2.75, 3.05) is 13.1 Å². The molecule has 1 aromatic carbocycles. The number of hydrogen-bond donors (Lipinski definition) is 1. The number of nitrogens with one attached hydrogen (secondary N) is 1. The number of fused-ring (bicyclic) bond motifs is 1. The van der Waals surface area contributed by atoms with Gasteiger partial charge in [-0.1, -0.05) is 31.2 Å². The van der Waals surface area contributed by atoms with Crippen molar-refractivity contribution in [3.63, 3.8) is 0 Å². The van der Waals surface area contributed by atoms with Gasteiger partial charge in [0.05, 0.1) is 0 Å². The summed E-state index contributed by atoms with van der Waals surface area (Å²) in [6.45, 7) is 6.99. The third-order valence-corrected chi connectivity index (χ3v) is 4.92. The Morgan fingerprint density at radius 3 is 2.47 bits per heavy atom. The van der Waals surface area contributed by atoms with Gasteiger partial charge in [-0.25, -0.2) is 0 Å². The summed E-state index contributed by atoms with van der Waals surface area (Å²) in [6, 6.07) is 11.2. The molecule has 2 unspecified atom stereocenters. The van der Waals surface area contributed by atoms with Crippen LogP contribution in [-0.2, 0) is 12.8 Å². The molecule has 2 nitrogen and oxygen atoms in total. The number of piperidine rings is 1. The highest BCUT2D eigenvalue weighted by Gasteiger charge is 2.33. The Morgan fingerprint density at radius 2 is 1.89 bits per heavy atom. The van der Waals surface area contributed by atoms with E-state index >= 15 is 0 Å². The molecule has 1 heterocycles. The first-order valence-electron chi connectivity index (χ1n) is 7.84. The van der Waals surface area contributed by atoms with Crippen LogP contribution in [0.3, 0.4) is 0 Å². The first-order chi connectivity index (χ1) is 9.28. The van der Waals surface area contributed by atoms with E-state index in [1.54, 1.807) is 11.1 Å². The predicted molar refractivity (Wildman–Crippen MR) is 80.5 cm³/mol. The van der Waals surface area contributed by atoms with Crippen LogP contribution >= 0.6 is 0 Å². The average molecular weight is 258 g/mol. The van der Waals surface area contributed by atoms with E-state index in [0.29, 0.717) is 0 Å². The van der Waals surface area contributed by atoms with Crippen LogP contribution in [0.25, 0.3) is 0 Å². The lowest BCUT2D eigenvalue weighted by Gasteiger charge is -2.41. The molecule has 1 aliphatic carbocycles. The maximum absolute atomic E-state index is 3.62. The maximum atomic E-state index is 3.62. The molecular weight excluding hydrogens is 232 g/mol. The molecule has 0 radical (unpaired) electrons. The predicted octanol–water partition coefficient (Wildman–Crippen LogP) is 2.62. The fraction of sp³-hybridized carbons (Fsp3) is 0.647. The van der Waals surface area contributed by atoms with Gasteiger partial charge in [0, 0.05) is 24.7 Å². The fourth-order valence-corrected chi connectivity index (χ4v) is 3.98. The molecule has 0 spiro atoms. The van der Waals surface area contributed by atoms with Gasteiger partial charge in [-0.2, -0.15) is 0 Å². The molecule has 1 N–H and O–H groups in total. The summed E-state index contributed by atoms with van der Waals surface area (Å²) in [5.74, 6) is 0. The van der Waals surface area contributed by atoms with Crippen molar-refractivity contribution < 1.29 is 0 Å². The Hall–Kier alpha value is -0.860. The van der Waals surface area contributed by atoms with Crippen molar-refractivity contribution in [2.24, 2.45) is 0 Å². The third kappa shape index (κ3) is 2.70. The van der Waals surface area contributed by atoms with E-state index in [9.17, 15) is 0 Å². The summed E-state index contributed by atoms with van der Waals surface area (Å²) in [7, 11) is 0. The molecule has 0 saturated carbocycles.